The van der Waals surface area contributed by atoms with E-state index in [0.717, 1.165) is 11.3 Å². The molecule has 0 aromatic heterocycles. The highest BCUT2D eigenvalue weighted by Gasteiger charge is 2.21. The summed E-state index contributed by atoms with van der Waals surface area (Å²) in [7, 11) is -3.80. The largest absolute Gasteiger partial charge is 0.494 e. The lowest BCUT2D eigenvalue weighted by Crippen LogP contribution is -2.35. The molecule has 126 valence electrons. The van der Waals surface area contributed by atoms with Gasteiger partial charge in [0.15, 0.2) is 11.7 Å². The van der Waals surface area contributed by atoms with Gasteiger partial charge in [0.25, 0.3) is 0 Å². The minimum Gasteiger partial charge on any atom is -0.494 e. The predicted molar refractivity (Wildman–Crippen MR) is 89.7 cm³/mol. The third-order valence-corrected chi connectivity index (χ3v) is 3.96. The molecule has 1 aromatic carbocycles. The van der Waals surface area contributed by atoms with Crippen LogP contribution >= 0.6 is 0 Å². The summed E-state index contributed by atoms with van der Waals surface area (Å²) >= 11 is 0. The predicted octanol–water partition coefficient (Wildman–Crippen LogP) is 0.253. The van der Waals surface area contributed by atoms with E-state index in [1.807, 2.05) is 38.1 Å². The molecule has 0 saturated carbocycles. The summed E-state index contributed by atoms with van der Waals surface area (Å²) in [5.41, 5.74) is 12.1. The van der Waals surface area contributed by atoms with Gasteiger partial charge in [-0.25, -0.2) is 0 Å². The van der Waals surface area contributed by atoms with E-state index in [0.29, 0.717) is 19.6 Å². The van der Waals surface area contributed by atoms with Crippen molar-refractivity contribution < 1.29 is 13.2 Å². The molecule has 9 heteroatoms. The third kappa shape index (κ3) is 4.93. The van der Waals surface area contributed by atoms with Crippen molar-refractivity contribution in [2.45, 2.75) is 25.8 Å². The minimum absolute atomic E-state index is 0.0804. The Morgan fingerprint density at radius 2 is 2.04 bits per heavy atom. The average Bonchev–Trinajstić information content (AvgIpc) is 2.70. The Labute approximate surface area is 135 Å². The van der Waals surface area contributed by atoms with Gasteiger partial charge in [-0.2, -0.15) is 8.42 Å². The first-order chi connectivity index (χ1) is 10.7. The monoisotopic (exact) mass is 339 g/mol. The van der Waals surface area contributed by atoms with Crippen LogP contribution in [0.25, 0.3) is 0 Å². The molecule has 0 aliphatic carbocycles. The van der Waals surface area contributed by atoms with Crippen molar-refractivity contribution in [3.63, 3.8) is 0 Å². The number of hydrogen-bond acceptors (Lipinski definition) is 6. The quantitative estimate of drug-likeness (QED) is 0.637. The number of amidine groups is 2. The van der Waals surface area contributed by atoms with Crippen LogP contribution in [-0.4, -0.2) is 33.2 Å². The van der Waals surface area contributed by atoms with E-state index < -0.39 is 15.7 Å². The van der Waals surface area contributed by atoms with Crippen LogP contribution in [0.3, 0.4) is 0 Å². The number of ether oxygens (including phenoxy) is 1. The minimum atomic E-state index is -3.80. The molecule has 1 aromatic rings. The molecule has 0 radical (unpaired) electrons. The summed E-state index contributed by atoms with van der Waals surface area (Å²) in [5.74, 6) is 0.698. The van der Waals surface area contributed by atoms with Crippen LogP contribution in [0.5, 0.6) is 5.75 Å². The van der Waals surface area contributed by atoms with Crippen molar-refractivity contribution in [1.29, 1.82) is 0 Å². The van der Waals surface area contributed by atoms with E-state index in [-0.39, 0.29) is 11.7 Å². The van der Waals surface area contributed by atoms with Crippen LogP contribution in [-0.2, 0) is 15.7 Å². The number of rotatable bonds is 6. The molecule has 0 unspecified atom stereocenters. The molecular weight excluding hydrogens is 318 g/mol. The number of nitrogens with two attached hydrogens (primary N) is 2. The SMILES string of the molecule is CC(C)(N)c1cccc(OCCCNC2=NS(=O)(=O)N=C2N)c1. The van der Waals surface area contributed by atoms with Crippen LogP contribution < -0.4 is 21.5 Å². The maximum Gasteiger partial charge on any atom is 0.367 e. The van der Waals surface area contributed by atoms with Crippen LogP contribution in [0.2, 0.25) is 0 Å². The van der Waals surface area contributed by atoms with Crippen LogP contribution in [0, 0.1) is 0 Å². The van der Waals surface area contributed by atoms with Crippen molar-refractivity contribution in [2.24, 2.45) is 20.3 Å². The second-order valence-corrected chi connectivity index (χ2v) is 7.00. The molecule has 0 amide bonds. The summed E-state index contributed by atoms with van der Waals surface area (Å²) in [5, 5.41) is 2.82. The molecule has 5 N–H and O–H groups in total. The van der Waals surface area contributed by atoms with Crippen molar-refractivity contribution in [3.8, 4) is 5.75 Å². The van der Waals surface area contributed by atoms with Crippen LogP contribution in [0.1, 0.15) is 25.8 Å². The van der Waals surface area contributed by atoms with Crippen molar-refractivity contribution in [1.82, 2.24) is 5.32 Å². The lowest BCUT2D eigenvalue weighted by atomic mass is 9.96. The van der Waals surface area contributed by atoms with Gasteiger partial charge in [0.2, 0.25) is 0 Å². The normalized spacial score (nSPS) is 16.7. The Morgan fingerprint density at radius 1 is 1.30 bits per heavy atom. The van der Waals surface area contributed by atoms with E-state index >= 15 is 0 Å². The zero-order valence-corrected chi connectivity index (χ0v) is 13.9. The second-order valence-electron chi connectivity index (χ2n) is 5.74. The molecule has 0 atom stereocenters. The molecule has 1 heterocycles. The molecule has 0 fully saturated rings. The Hall–Kier alpha value is -2.13. The summed E-state index contributed by atoms with van der Waals surface area (Å²) in [6.45, 7) is 4.78. The summed E-state index contributed by atoms with van der Waals surface area (Å²) in [4.78, 5) is 0. The van der Waals surface area contributed by atoms with Gasteiger partial charge in [-0.1, -0.05) is 12.1 Å². The van der Waals surface area contributed by atoms with Gasteiger partial charge in [0, 0.05) is 12.1 Å². The van der Waals surface area contributed by atoms with E-state index in [1.54, 1.807) is 0 Å². The van der Waals surface area contributed by atoms with Crippen molar-refractivity contribution in [3.05, 3.63) is 29.8 Å². The van der Waals surface area contributed by atoms with E-state index in [9.17, 15) is 8.42 Å². The zero-order valence-electron chi connectivity index (χ0n) is 13.1. The third-order valence-electron chi connectivity index (χ3n) is 3.12. The van der Waals surface area contributed by atoms with Gasteiger partial charge in [0.1, 0.15) is 5.75 Å². The smallest absolute Gasteiger partial charge is 0.367 e. The molecule has 8 nitrogen and oxygen atoms in total. The van der Waals surface area contributed by atoms with Crippen molar-refractivity contribution >= 4 is 21.9 Å². The fraction of sp³-hybridized carbons (Fsp3) is 0.429. The second kappa shape index (κ2) is 6.55. The Kier molecular flexibility index (Phi) is 4.90. The highest BCUT2D eigenvalue weighted by atomic mass is 32.2. The maximum atomic E-state index is 11.1. The first-order valence-electron chi connectivity index (χ1n) is 7.14. The fourth-order valence-electron chi connectivity index (χ4n) is 1.93. The van der Waals surface area contributed by atoms with Crippen LogP contribution in [0.4, 0.5) is 0 Å². The average molecular weight is 339 g/mol. The van der Waals surface area contributed by atoms with Gasteiger partial charge in [0.05, 0.1) is 6.61 Å². The summed E-state index contributed by atoms with van der Waals surface area (Å²) in [6, 6.07) is 7.62. The summed E-state index contributed by atoms with van der Waals surface area (Å²) in [6.07, 6.45) is 0.641. The maximum absolute atomic E-state index is 11.1. The first-order valence-corrected chi connectivity index (χ1v) is 8.54. The first kappa shape index (κ1) is 17.2. The van der Waals surface area contributed by atoms with Gasteiger partial charge >= 0.3 is 10.2 Å². The number of nitrogens with zero attached hydrogens (tertiary/aromatic N) is 2. The van der Waals surface area contributed by atoms with Crippen molar-refractivity contribution in [2.75, 3.05) is 13.2 Å². The van der Waals surface area contributed by atoms with Gasteiger partial charge in [-0.05, 0) is 38.0 Å². The zero-order chi connectivity index (χ0) is 17.1. The summed E-state index contributed by atoms with van der Waals surface area (Å²) < 4.78 is 34.5. The number of hydrogen-bond donors (Lipinski definition) is 3. The lowest BCUT2D eigenvalue weighted by Gasteiger charge is -2.19. The molecule has 1 aliphatic rings. The number of nitrogens with one attached hydrogen (secondary N) is 1. The van der Waals surface area contributed by atoms with Gasteiger partial charge < -0.3 is 21.5 Å². The highest BCUT2D eigenvalue weighted by Crippen LogP contribution is 2.21. The molecule has 0 bridgehead atoms. The van der Waals surface area contributed by atoms with Crippen LogP contribution in [0.15, 0.2) is 33.1 Å². The molecule has 2 rings (SSSR count). The molecular formula is C14H21N5O3S. The molecule has 0 spiro atoms. The Morgan fingerprint density at radius 3 is 2.65 bits per heavy atom. The Balaban J connectivity index is 1.78. The highest BCUT2D eigenvalue weighted by molar-refractivity contribution is 7.89. The van der Waals surface area contributed by atoms with E-state index in [1.165, 1.54) is 0 Å². The molecule has 23 heavy (non-hydrogen) atoms. The lowest BCUT2D eigenvalue weighted by molar-refractivity contribution is 0.310. The molecule has 0 saturated heterocycles. The van der Waals surface area contributed by atoms with E-state index in [4.69, 9.17) is 16.2 Å². The molecule has 1 aliphatic heterocycles. The fourth-order valence-corrected chi connectivity index (χ4v) is 2.69. The van der Waals surface area contributed by atoms with Gasteiger partial charge in [-0.3, -0.25) is 0 Å². The number of benzene rings is 1. The van der Waals surface area contributed by atoms with Gasteiger partial charge in [-0.15, -0.1) is 8.80 Å². The van der Waals surface area contributed by atoms with E-state index in [2.05, 4.69) is 14.1 Å². The topological polar surface area (TPSA) is 132 Å². The Bertz CT molecular complexity index is 735. The standard InChI is InChI=1S/C14H21N5O3S/c1-14(2,16)10-5-3-6-11(9-10)22-8-4-7-17-13-12(15)18-23(20,21)19-13/h3,5-6,9H,4,7-8,16H2,1-2H3,(H2,15,18)(H,17,19).